The molecular formula is C20H34O14Si10. The van der Waals surface area contributed by atoms with E-state index in [4.69, 9.17) is 57.6 Å². The fourth-order valence-corrected chi connectivity index (χ4v) is 55.2. The lowest BCUT2D eigenvalue weighted by Gasteiger charge is -2.56. The third-order valence-electron chi connectivity index (χ3n) is 6.84. The number of hydrogen-bond donors (Lipinski definition) is 0. The van der Waals surface area contributed by atoms with Crippen LogP contribution in [-0.2, 0) is 57.6 Å². The molecule has 6 heterocycles. The summed E-state index contributed by atoms with van der Waals surface area (Å²) in [6, 6.07) is 19.2. The molecule has 0 saturated carbocycles. The van der Waals surface area contributed by atoms with Gasteiger partial charge in [0.1, 0.15) is 0 Å². The van der Waals surface area contributed by atoms with Gasteiger partial charge in [-0.2, -0.15) is 0 Å². The summed E-state index contributed by atoms with van der Waals surface area (Å²) in [7, 11) is -35.1. The quantitative estimate of drug-likeness (QED) is 0.410. The Morgan fingerprint density at radius 1 is 0.318 bits per heavy atom. The molecule has 6 aliphatic rings. The van der Waals surface area contributed by atoms with E-state index in [2.05, 4.69) is 0 Å². The molecule has 0 unspecified atom stereocenters. The topological polar surface area (TPSA) is 129 Å². The smallest absolute Gasteiger partial charge is 0.390 e. The molecule has 0 amide bonds. The molecule has 0 atom stereocenters. The molecule has 238 valence electrons. The molecule has 8 rings (SSSR count). The molecule has 6 aliphatic heterocycles. The molecule has 44 heavy (non-hydrogen) atoms. The minimum atomic E-state index is -3.84. The second-order valence-corrected chi connectivity index (χ2v) is 39.2. The Balaban J connectivity index is 1.48. The zero-order valence-electron chi connectivity index (χ0n) is 25.5. The number of rotatable bonds is 2. The van der Waals surface area contributed by atoms with Gasteiger partial charge in [-0.3, -0.25) is 0 Å². The Labute approximate surface area is 268 Å². The van der Waals surface area contributed by atoms with Crippen molar-refractivity contribution in [1.82, 2.24) is 0 Å². The summed E-state index contributed by atoms with van der Waals surface area (Å²) in [6.07, 6.45) is 0. The highest BCUT2D eigenvalue weighted by molar-refractivity contribution is 7.00. The minimum absolute atomic E-state index is 0.815. The maximum atomic E-state index is 6.88. The lowest BCUT2D eigenvalue weighted by atomic mass is 10.4. The largest absolute Gasteiger partial charge is 0.475 e. The number of benzene rings is 2. The average Bonchev–Trinajstić information content (AvgIpc) is 2.83. The summed E-state index contributed by atoms with van der Waals surface area (Å²) in [6.45, 7) is 14.2. The van der Waals surface area contributed by atoms with E-state index in [9.17, 15) is 0 Å². The SMILES string of the molecule is C[Si]12O[Si](c3ccccc3)O[Si]3(C)O[Si]4(C)O[Si]5(C)O[Si](c6ccccc6)O[Si](C)(O[Si](C)(O1)O4)O[Si](C)(O2)O[Si](C)(O3)O5. The Morgan fingerprint density at radius 3 is 0.750 bits per heavy atom. The van der Waals surface area contributed by atoms with Crippen molar-refractivity contribution in [3.8, 4) is 0 Å². The molecule has 2 radical (unpaired) electrons. The van der Waals surface area contributed by atoms with Crippen molar-refractivity contribution in [3.63, 3.8) is 0 Å². The third-order valence-corrected chi connectivity index (χ3v) is 47.0. The van der Waals surface area contributed by atoms with Crippen molar-refractivity contribution in [2.24, 2.45) is 0 Å². The van der Waals surface area contributed by atoms with E-state index >= 15 is 0 Å². The molecule has 6 saturated heterocycles. The van der Waals surface area contributed by atoms with Crippen LogP contribution in [-0.4, -0.2) is 89.0 Å². The standard InChI is InChI=1S/C20H34O14Si10/c1-37-21-35(19-15-11-9-12-16-19)22-38(2)29-43(7)31-40(4)24-36(20-17-13-10-14-18-20)23-39(3,27-41(5,25-37)33-43)28-42(6,26-37)34-44(8,30-38)32-40/h9-18H,1-8H3. The van der Waals surface area contributed by atoms with Gasteiger partial charge in [0.15, 0.2) is 0 Å². The maximum absolute atomic E-state index is 6.88. The Bertz CT molecular complexity index is 1220. The molecule has 14 nitrogen and oxygen atoms in total. The van der Waals surface area contributed by atoms with Gasteiger partial charge in [0.25, 0.3) is 0 Å². The third kappa shape index (κ3) is 6.54. The van der Waals surface area contributed by atoms with Gasteiger partial charge in [-0.05, 0) is 10.4 Å². The molecule has 8 bridgehead atoms. The van der Waals surface area contributed by atoms with Crippen LogP contribution in [0.15, 0.2) is 60.7 Å². The molecule has 0 N–H and O–H groups in total. The first-order valence-electron chi connectivity index (χ1n) is 14.0. The highest BCUT2D eigenvalue weighted by atomic mass is 28.6. The predicted molar refractivity (Wildman–Crippen MR) is 172 cm³/mol. The Kier molecular flexibility index (Phi) is 7.98. The molecule has 2 aromatic carbocycles. The fraction of sp³-hybridized carbons (Fsp3) is 0.400. The van der Waals surface area contributed by atoms with E-state index in [1.165, 1.54) is 0 Å². The number of fused-ring (bicyclic) bond motifs is 4. The average molecular weight is 779 g/mol. The molecule has 0 spiro atoms. The summed E-state index contributed by atoms with van der Waals surface area (Å²) < 4.78 is 95.8. The summed E-state index contributed by atoms with van der Waals surface area (Å²) in [5.41, 5.74) is 0. The van der Waals surface area contributed by atoms with Crippen LogP contribution in [0.3, 0.4) is 0 Å². The van der Waals surface area contributed by atoms with Crippen molar-refractivity contribution in [2.75, 3.05) is 0 Å². The van der Waals surface area contributed by atoms with Gasteiger partial charge >= 0.3 is 89.0 Å². The van der Waals surface area contributed by atoms with Crippen molar-refractivity contribution < 1.29 is 57.6 Å². The van der Waals surface area contributed by atoms with E-state index in [1.807, 2.05) is 60.7 Å². The van der Waals surface area contributed by atoms with E-state index in [0.717, 1.165) is 10.4 Å². The first-order valence-corrected chi connectivity index (χ1v) is 34.5. The lowest BCUT2D eigenvalue weighted by molar-refractivity contribution is 0.0175. The highest BCUT2D eigenvalue weighted by Crippen LogP contribution is 2.44. The fourth-order valence-electron chi connectivity index (χ4n) is 5.97. The lowest BCUT2D eigenvalue weighted by Crippen LogP contribution is -2.82. The van der Waals surface area contributed by atoms with Crippen LogP contribution in [0.5, 0.6) is 0 Å². The zero-order chi connectivity index (χ0) is 31.3. The van der Waals surface area contributed by atoms with E-state index < -0.39 is 89.0 Å². The van der Waals surface area contributed by atoms with Crippen molar-refractivity contribution in [2.45, 2.75) is 52.4 Å². The van der Waals surface area contributed by atoms with Crippen LogP contribution >= 0.6 is 0 Å². The van der Waals surface area contributed by atoms with Gasteiger partial charge in [-0.1, -0.05) is 60.7 Å². The molecule has 0 aromatic heterocycles. The molecular weight excluding hydrogens is 745 g/mol. The van der Waals surface area contributed by atoms with Crippen LogP contribution < -0.4 is 10.4 Å². The first-order chi connectivity index (χ1) is 20.4. The monoisotopic (exact) mass is 778 g/mol. The molecule has 24 heteroatoms. The van der Waals surface area contributed by atoms with Crippen LogP contribution in [0.1, 0.15) is 0 Å². The van der Waals surface area contributed by atoms with Gasteiger partial charge in [0.05, 0.1) is 0 Å². The van der Waals surface area contributed by atoms with Crippen LogP contribution in [0.2, 0.25) is 52.4 Å². The Hall–Kier alpha value is 0.0488. The zero-order valence-corrected chi connectivity index (χ0v) is 35.5. The van der Waals surface area contributed by atoms with Gasteiger partial charge in [0, 0.05) is 52.4 Å². The van der Waals surface area contributed by atoms with Crippen LogP contribution in [0.4, 0.5) is 0 Å². The summed E-state index contributed by atoms with van der Waals surface area (Å²) in [5.74, 6) is 0. The molecule has 2 aromatic rings. The first kappa shape index (κ1) is 32.6. The second-order valence-electron chi connectivity index (χ2n) is 11.6. The van der Waals surface area contributed by atoms with Gasteiger partial charge in [0.2, 0.25) is 0 Å². The van der Waals surface area contributed by atoms with Crippen molar-refractivity contribution in [3.05, 3.63) is 60.7 Å². The van der Waals surface area contributed by atoms with Gasteiger partial charge in [-0.15, -0.1) is 0 Å². The van der Waals surface area contributed by atoms with Gasteiger partial charge in [-0.25, -0.2) is 0 Å². The molecule has 6 fully saturated rings. The summed E-state index contributed by atoms with van der Waals surface area (Å²) in [4.78, 5) is 0. The van der Waals surface area contributed by atoms with E-state index in [-0.39, 0.29) is 0 Å². The Morgan fingerprint density at radius 2 is 0.523 bits per heavy atom. The maximum Gasteiger partial charge on any atom is 0.475 e. The van der Waals surface area contributed by atoms with Crippen LogP contribution in [0, 0.1) is 0 Å². The van der Waals surface area contributed by atoms with E-state index in [1.54, 1.807) is 52.4 Å². The number of hydrogen-bond acceptors (Lipinski definition) is 14. The van der Waals surface area contributed by atoms with Gasteiger partial charge < -0.3 is 57.6 Å². The second kappa shape index (κ2) is 10.8. The minimum Gasteiger partial charge on any atom is -0.390 e. The summed E-state index contributed by atoms with van der Waals surface area (Å²) in [5, 5.41) is 1.63. The van der Waals surface area contributed by atoms with Crippen LogP contribution in [0.25, 0.3) is 0 Å². The predicted octanol–water partition coefficient (Wildman–Crippen LogP) is 1.63. The van der Waals surface area contributed by atoms with Crippen molar-refractivity contribution >= 4 is 99.4 Å². The summed E-state index contributed by atoms with van der Waals surface area (Å²) >= 11 is 0. The van der Waals surface area contributed by atoms with Crippen molar-refractivity contribution in [1.29, 1.82) is 0 Å². The highest BCUT2D eigenvalue weighted by Gasteiger charge is 2.74. The normalized spacial score (nSPS) is 48.2. The van der Waals surface area contributed by atoms with E-state index in [0.29, 0.717) is 0 Å². The molecule has 0 aliphatic carbocycles.